The zero-order valence-corrected chi connectivity index (χ0v) is 21.1. The molecule has 2 atom stereocenters. The number of fused-ring (bicyclic) bond motifs is 2. The molecule has 2 amide bonds. The molecule has 0 unspecified atom stereocenters. The first-order valence-electron chi connectivity index (χ1n) is 12.3. The first-order valence-corrected chi connectivity index (χ1v) is 12.3. The van der Waals surface area contributed by atoms with E-state index in [9.17, 15) is 9.59 Å². The van der Waals surface area contributed by atoms with Gasteiger partial charge < -0.3 is 26.7 Å². The number of primary amides is 1. The second-order valence-electron chi connectivity index (χ2n) is 10.2. The van der Waals surface area contributed by atoms with E-state index in [1.807, 2.05) is 74.8 Å². The van der Waals surface area contributed by atoms with E-state index in [-0.39, 0.29) is 18.4 Å². The van der Waals surface area contributed by atoms with Crippen LogP contribution in [0.15, 0.2) is 72.8 Å². The molecular weight excluding hydrogens is 462 g/mol. The van der Waals surface area contributed by atoms with Crippen LogP contribution in [-0.2, 0) is 21.5 Å². The van der Waals surface area contributed by atoms with E-state index in [4.69, 9.17) is 16.9 Å². The maximum atomic E-state index is 13.5. The van der Waals surface area contributed by atoms with Gasteiger partial charge in [-0.2, -0.15) is 0 Å². The Morgan fingerprint density at radius 1 is 1.14 bits per heavy atom. The number of nitrogens with zero attached hydrogens (tertiary/aromatic N) is 2. The lowest BCUT2D eigenvalue weighted by Gasteiger charge is -2.16. The zero-order chi connectivity index (χ0) is 26.3. The smallest absolute Gasteiger partial charge is 0.238 e. The van der Waals surface area contributed by atoms with Crippen LogP contribution in [0.3, 0.4) is 0 Å². The Kier molecular flexibility index (Phi) is 6.17. The van der Waals surface area contributed by atoms with Crippen LogP contribution < -0.4 is 16.4 Å². The molecule has 5 rings (SSSR count). The fraction of sp³-hybridized carbons (Fsp3) is 0.233. The third kappa shape index (κ3) is 4.42. The molecular formula is C30H31N5O2. The maximum Gasteiger partial charge on any atom is 0.238 e. The van der Waals surface area contributed by atoms with E-state index in [2.05, 4.69) is 17.0 Å². The van der Waals surface area contributed by atoms with Crippen molar-refractivity contribution in [1.29, 1.82) is 5.41 Å². The Bertz CT molecular complexity index is 1440. The number of nitrogen functional groups attached to an aromatic ring is 1. The van der Waals surface area contributed by atoms with Gasteiger partial charge in [-0.1, -0.05) is 60.7 Å². The summed E-state index contributed by atoms with van der Waals surface area (Å²) >= 11 is 0. The lowest BCUT2D eigenvalue weighted by molar-refractivity contribution is -0.123. The quantitative estimate of drug-likeness (QED) is 0.328. The molecule has 37 heavy (non-hydrogen) atoms. The Labute approximate surface area is 216 Å². The molecule has 0 aromatic heterocycles. The number of carbonyl (C=O) groups is 2. The van der Waals surface area contributed by atoms with Gasteiger partial charge in [-0.05, 0) is 61.0 Å². The van der Waals surface area contributed by atoms with Gasteiger partial charge in [0.1, 0.15) is 6.54 Å². The molecule has 1 spiro atoms. The van der Waals surface area contributed by atoms with Crippen molar-refractivity contribution in [2.45, 2.75) is 24.3 Å². The molecule has 1 aliphatic heterocycles. The lowest BCUT2D eigenvalue weighted by Crippen LogP contribution is -2.39. The summed E-state index contributed by atoms with van der Waals surface area (Å²) in [6.07, 6.45) is 4.33. The number of carbonyl (C=O) groups excluding carboxylic acids is 2. The summed E-state index contributed by atoms with van der Waals surface area (Å²) in [6, 6.07) is 21.5. The third-order valence-corrected chi connectivity index (χ3v) is 7.24. The van der Waals surface area contributed by atoms with E-state index < -0.39 is 11.3 Å². The number of hydrogen-bond acceptors (Lipinski definition) is 5. The normalized spacial score (nSPS) is 20.1. The summed E-state index contributed by atoms with van der Waals surface area (Å²) in [5.74, 6) is -0.672. The number of allylic oxidation sites excluding steroid dienone is 1. The largest absolute Gasteiger partial charge is 0.398 e. The summed E-state index contributed by atoms with van der Waals surface area (Å²) in [5, 5.41) is 8.58. The Morgan fingerprint density at radius 2 is 1.92 bits per heavy atom. The summed E-state index contributed by atoms with van der Waals surface area (Å²) in [6.45, 7) is 0.719. The van der Waals surface area contributed by atoms with E-state index in [1.165, 1.54) is 10.5 Å². The number of anilines is 2. The molecule has 0 bridgehead atoms. The highest BCUT2D eigenvalue weighted by molar-refractivity contribution is 6.14. The maximum absolute atomic E-state index is 13.5. The summed E-state index contributed by atoms with van der Waals surface area (Å²) in [5.41, 5.74) is 17.5. The minimum Gasteiger partial charge on any atom is -0.398 e. The van der Waals surface area contributed by atoms with Crippen LogP contribution in [0.4, 0.5) is 11.4 Å². The molecule has 0 saturated heterocycles. The highest BCUT2D eigenvalue weighted by Gasteiger charge is 2.67. The van der Waals surface area contributed by atoms with E-state index in [1.54, 1.807) is 6.08 Å². The molecule has 5 N–H and O–H groups in total. The van der Waals surface area contributed by atoms with Crippen LogP contribution in [0.2, 0.25) is 0 Å². The number of nitrogens with one attached hydrogen (secondary N) is 1. The second kappa shape index (κ2) is 9.33. The monoisotopic (exact) mass is 493 g/mol. The minimum atomic E-state index is -0.689. The summed E-state index contributed by atoms with van der Waals surface area (Å²) < 4.78 is 0. The standard InChI is InChI=1S/C30H31N5O2/c1-34(2)17-20-7-5-6-19(14-20)10-13-25(31)22-12-11-21(15-26(22)32)24-16-30(24)23-8-3-4-9-27(23)35(29(30)37)18-28(33)36/h3-15,24,31H,16-18,32H2,1-2H3,(H2,33,36)/b13-10+,31-25?/t24-,30-/m0/s1. The van der Waals surface area contributed by atoms with Crippen LogP contribution in [0.1, 0.15) is 40.2 Å². The molecule has 3 aromatic rings. The number of para-hydroxylation sites is 1. The second-order valence-corrected chi connectivity index (χ2v) is 10.2. The molecule has 1 heterocycles. The van der Waals surface area contributed by atoms with E-state index in [0.717, 1.165) is 28.9 Å². The van der Waals surface area contributed by atoms with Crippen LogP contribution in [0.25, 0.3) is 6.08 Å². The fourth-order valence-electron chi connectivity index (χ4n) is 5.54. The topological polar surface area (TPSA) is 117 Å². The first kappa shape index (κ1) is 24.5. The highest BCUT2D eigenvalue weighted by atomic mass is 16.2. The van der Waals surface area contributed by atoms with Crippen molar-refractivity contribution >= 4 is 35.0 Å². The molecule has 3 aromatic carbocycles. The van der Waals surface area contributed by atoms with Crippen molar-refractivity contribution in [2.75, 3.05) is 31.3 Å². The SMILES string of the molecule is CN(C)Cc1cccc(/C=C/C(=N)c2ccc([C@@H]3C[C@@]34C(=O)N(CC(N)=O)c3ccccc34)cc2N)c1. The van der Waals surface area contributed by atoms with E-state index in [0.29, 0.717) is 23.4 Å². The van der Waals surface area contributed by atoms with Crippen LogP contribution in [0.5, 0.6) is 0 Å². The number of hydrogen-bond donors (Lipinski definition) is 3. The molecule has 1 saturated carbocycles. The van der Waals surface area contributed by atoms with Crippen molar-refractivity contribution in [3.63, 3.8) is 0 Å². The average Bonchev–Trinajstić information content (AvgIpc) is 3.57. The lowest BCUT2D eigenvalue weighted by atomic mass is 9.91. The summed E-state index contributed by atoms with van der Waals surface area (Å²) in [4.78, 5) is 28.7. The number of nitrogens with two attached hydrogens (primary N) is 2. The molecule has 7 nitrogen and oxygen atoms in total. The Morgan fingerprint density at radius 3 is 2.65 bits per heavy atom. The van der Waals surface area contributed by atoms with Gasteiger partial charge in [0.15, 0.2) is 0 Å². The Hall–Kier alpha value is -4.23. The van der Waals surface area contributed by atoms with Crippen LogP contribution in [-0.4, -0.2) is 43.1 Å². The van der Waals surface area contributed by atoms with Gasteiger partial charge in [0.2, 0.25) is 11.8 Å². The van der Waals surface area contributed by atoms with Crippen LogP contribution in [0, 0.1) is 5.41 Å². The first-order chi connectivity index (χ1) is 17.7. The molecule has 7 heteroatoms. The van der Waals surface area contributed by atoms with Crippen molar-refractivity contribution in [3.05, 3.63) is 101 Å². The molecule has 1 aliphatic carbocycles. The minimum absolute atomic E-state index is 0.0421. The van der Waals surface area contributed by atoms with Gasteiger partial charge in [-0.15, -0.1) is 0 Å². The number of rotatable bonds is 8. The fourth-order valence-corrected chi connectivity index (χ4v) is 5.54. The molecule has 0 radical (unpaired) electrons. The van der Waals surface area contributed by atoms with Gasteiger partial charge in [-0.25, -0.2) is 0 Å². The Balaban J connectivity index is 1.36. The third-order valence-electron chi connectivity index (χ3n) is 7.24. The van der Waals surface area contributed by atoms with Gasteiger partial charge >= 0.3 is 0 Å². The molecule has 1 fully saturated rings. The van der Waals surface area contributed by atoms with Crippen LogP contribution >= 0.6 is 0 Å². The van der Waals surface area contributed by atoms with Crippen molar-refractivity contribution in [3.8, 4) is 0 Å². The predicted molar refractivity (Wildman–Crippen MR) is 148 cm³/mol. The highest BCUT2D eigenvalue weighted by Crippen LogP contribution is 2.66. The van der Waals surface area contributed by atoms with Gasteiger partial charge in [0.05, 0.1) is 11.1 Å². The van der Waals surface area contributed by atoms with Crippen molar-refractivity contribution in [2.24, 2.45) is 5.73 Å². The van der Waals surface area contributed by atoms with Gasteiger partial charge in [0, 0.05) is 29.4 Å². The van der Waals surface area contributed by atoms with Crippen molar-refractivity contribution in [1.82, 2.24) is 4.90 Å². The van der Waals surface area contributed by atoms with Gasteiger partial charge in [-0.3, -0.25) is 9.59 Å². The average molecular weight is 494 g/mol. The van der Waals surface area contributed by atoms with E-state index >= 15 is 0 Å². The molecule has 2 aliphatic rings. The summed E-state index contributed by atoms with van der Waals surface area (Å²) in [7, 11) is 4.07. The predicted octanol–water partition coefficient (Wildman–Crippen LogP) is 3.67. The van der Waals surface area contributed by atoms with Crippen molar-refractivity contribution < 1.29 is 9.59 Å². The number of benzene rings is 3. The number of amides is 2. The zero-order valence-electron chi connectivity index (χ0n) is 21.1. The van der Waals surface area contributed by atoms with Gasteiger partial charge in [0.25, 0.3) is 0 Å². The molecule has 188 valence electrons.